The predicted octanol–water partition coefficient (Wildman–Crippen LogP) is 0.653. The average Bonchev–Trinajstić information content (AvgIpc) is 2.14. The van der Waals surface area contributed by atoms with Gasteiger partial charge in [-0.25, -0.2) is 0 Å². The van der Waals surface area contributed by atoms with Gasteiger partial charge in [-0.3, -0.25) is 4.79 Å². The number of piperidine rings is 1. The topological polar surface area (TPSA) is 41.1 Å². The molecule has 0 spiro atoms. The van der Waals surface area contributed by atoms with Crippen LogP contribution < -0.4 is 10.6 Å². The van der Waals surface area contributed by atoms with E-state index in [1.54, 1.807) is 0 Å². The molecule has 0 aromatic rings. The Balaban J connectivity index is 1.82. The summed E-state index contributed by atoms with van der Waals surface area (Å²) in [5.41, 5.74) is 0. The summed E-state index contributed by atoms with van der Waals surface area (Å²) in [6.45, 7) is 3.11. The lowest BCUT2D eigenvalue weighted by Crippen LogP contribution is -2.55. The summed E-state index contributed by atoms with van der Waals surface area (Å²) in [6, 6.07) is 0.676. The molecule has 2 N–H and O–H groups in total. The van der Waals surface area contributed by atoms with Crippen molar-refractivity contribution < 1.29 is 4.79 Å². The van der Waals surface area contributed by atoms with E-state index in [9.17, 15) is 4.79 Å². The quantitative estimate of drug-likeness (QED) is 0.658. The molecule has 1 saturated heterocycles. The maximum atomic E-state index is 11.4. The third kappa shape index (κ3) is 1.85. The fourth-order valence-corrected chi connectivity index (χ4v) is 2.10. The zero-order valence-electron chi connectivity index (χ0n) is 8.18. The van der Waals surface area contributed by atoms with Crippen molar-refractivity contribution in [3.8, 4) is 0 Å². The molecule has 1 aliphatic heterocycles. The maximum Gasteiger partial charge on any atom is 0.237 e. The molecule has 1 amide bonds. The van der Waals surface area contributed by atoms with Gasteiger partial charge in [0.2, 0.25) is 5.91 Å². The Morgan fingerprint density at radius 3 is 2.77 bits per heavy atom. The van der Waals surface area contributed by atoms with Crippen LogP contribution in [0.3, 0.4) is 0 Å². The molecule has 3 atom stereocenters. The Morgan fingerprint density at radius 1 is 1.38 bits per heavy atom. The van der Waals surface area contributed by atoms with Gasteiger partial charge in [-0.1, -0.05) is 6.92 Å². The number of hydrogen-bond acceptors (Lipinski definition) is 2. The van der Waals surface area contributed by atoms with Crippen LogP contribution in [-0.4, -0.2) is 24.5 Å². The molecule has 0 aromatic carbocycles. The molecule has 1 saturated carbocycles. The molecule has 3 heteroatoms. The first-order valence-electron chi connectivity index (χ1n) is 5.31. The van der Waals surface area contributed by atoms with E-state index in [2.05, 4.69) is 17.6 Å². The molecule has 2 rings (SSSR count). The van der Waals surface area contributed by atoms with Crippen molar-refractivity contribution in [2.45, 2.75) is 44.7 Å². The minimum Gasteiger partial charge on any atom is -0.355 e. The molecule has 1 aliphatic carbocycles. The van der Waals surface area contributed by atoms with Gasteiger partial charge in [-0.2, -0.15) is 0 Å². The Hall–Kier alpha value is -0.570. The van der Waals surface area contributed by atoms with Crippen molar-refractivity contribution in [1.29, 1.82) is 0 Å². The first-order valence-corrected chi connectivity index (χ1v) is 5.31. The zero-order chi connectivity index (χ0) is 9.26. The lowest BCUT2D eigenvalue weighted by Gasteiger charge is -2.38. The van der Waals surface area contributed by atoms with Gasteiger partial charge in [-0.05, 0) is 31.6 Å². The number of amides is 1. The monoisotopic (exact) mass is 182 g/mol. The Morgan fingerprint density at radius 2 is 2.23 bits per heavy atom. The number of hydrogen-bond donors (Lipinski definition) is 2. The molecule has 0 bridgehead atoms. The summed E-state index contributed by atoms with van der Waals surface area (Å²) in [7, 11) is 0. The highest BCUT2D eigenvalue weighted by Crippen LogP contribution is 2.27. The maximum absolute atomic E-state index is 11.4. The number of rotatable bonds is 2. The lowest BCUT2D eigenvalue weighted by molar-refractivity contribution is -0.125. The van der Waals surface area contributed by atoms with E-state index >= 15 is 0 Å². The minimum atomic E-state index is 0.0847. The van der Waals surface area contributed by atoms with Crippen molar-refractivity contribution in [1.82, 2.24) is 10.6 Å². The summed E-state index contributed by atoms with van der Waals surface area (Å²) in [5.74, 6) is 0.958. The fraction of sp³-hybridized carbons (Fsp3) is 0.900. The summed E-state index contributed by atoms with van der Waals surface area (Å²) >= 11 is 0. The van der Waals surface area contributed by atoms with Gasteiger partial charge >= 0.3 is 0 Å². The Kier molecular flexibility index (Phi) is 2.54. The van der Waals surface area contributed by atoms with Crippen LogP contribution in [0, 0.1) is 5.92 Å². The van der Waals surface area contributed by atoms with Crippen LogP contribution in [0.4, 0.5) is 0 Å². The molecule has 1 heterocycles. The Bertz CT molecular complexity index is 205. The van der Waals surface area contributed by atoms with Gasteiger partial charge in [0, 0.05) is 12.6 Å². The second kappa shape index (κ2) is 3.66. The average molecular weight is 182 g/mol. The van der Waals surface area contributed by atoms with Crippen LogP contribution in [0.15, 0.2) is 0 Å². The van der Waals surface area contributed by atoms with E-state index in [-0.39, 0.29) is 11.9 Å². The summed E-state index contributed by atoms with van der Waals surface area (Å²) in [6.07, 6.45) is 4.68. The highest BCUT2D eigenvalue weighted by Gasteiger charge is 2.31. The second-order valence-electron chi connectivity index (χ2n) is 4.31. The van der Waals surface area contributed by atoms with Crippen LogP contribution in [0.25, 0.3) is 0 Å². The SMILES string of the molecule is CC1CCC1NC1CCCNC1=O. The molecule has 2 fully saturated rings. The molecule has 74 valence electrons. The van der Waals surface area contributed by atoms with E-state index in [4.69, 9.17) is 0 Å². The molecule has 0 aromatic heterocycles. The smallest absolute Gasteiger partial charge is 0.237 e. The molecule has 13 heavy (non-hydrogen) atoms. The summed E-state index contributed by atoms with van der Waals surface area (Å²) in [4.78, 5) is 11.4. The lowest BCUT2D eigenvalue weighted by atomic mass is 9.80. The van der Waals surface area contributed by atoms with E-state index in [1.165, 1.54) is 12.8 Å². The van der Waals surface area contributed by atoms with E-state index in [0.29, 0.717) is 6.04 Å². The number of nitrogens with one attached hydrogen (secondary N) is 2. The molecular formula is C10H18N2O. The summed E-state index contributed by atoms with van der Waals surface area (Å²) < 4.78 is 0. The minimum absolute atomic E-state index is 0.0847. The van der Waals surface area contributed by atoms with Crippen molar-refractivity contribution in [3.05, 3.63) is 0 Å². The number of carbonyl (C=O) groups excluding carboxylic acids is 1. The molecule has 2 aliphatic rings. The third-order valence-corrected chi connectivity index (χ3v) is 3.32. The van der Waals surface area contributed by atoms with E-state index in [0.717, 1.165) is 25.3 Å². The standard InChI is InChI=1S/C10H18N2O/c1-7-4-5-8(7)12-9-3-2-6-11-10(9)13/h7-9,12H,2-6H2,1H3,(H,11,13). The van der Waals surface area contributed by atoms with Crippen LogP contribution >= 0.6 is 0 Å². The summed E-state index contributed by atoms with van der Waals surface area (Å²) in [5, 5.41) is 6.34. The van der Waals surface area contributed by atoms with E-state index in [1.807, 2.05) is 0 Å². The highest BCUT2D eigenvalue weighted by atomic mass is 16.2. The van der Waals surface area contributed by atoms with Gasteiger partial charge < -0.3 is 10.6 Å². The van der Waals surface area contributed by atoms with Crippen molar-refractivity contribution >= 4 is 5.91 Å². The molecule has 3 nitrogen and oxygen atoms in total. The molecule has 3 unspecified atom stereocenters. The van der Waals surface area contributed by atoms with Crippen molar-refractivity contribution in [3.63, 3.8) is 0 Å². The van der Waals surface area contributed by atoms with Crippen LogP contribution in [0.5, 0.6) is 0 Å². The Labute approximate surface area is 79.3 Å². The van der Waals surface area contributed by atoms with Crippen LogP contribution in [-0.2, 0) is 4.79 Å². The zero-order valence-corrected chi connectivity index (χ0v) is 8.18. The van der Waals surface area contributed by atoms with Crippen LogP contribution in [0.1, 0.15) is 32.6 Å². The first kappa shape index (κ1) is 9.00. The largest absolute Gasteiger partial charge is 0.355 e. The van der Waals surface area contributed by atoms with Crippen molar-refractivity contribution in [2.24, 2.45) is 5.92 Å². The van der Waals surface area contributed by atoms with Crippen LogP contribution in [0.2, 0.25) is 0 Å². The van der Waals surface area contributed by atoms with Crippen molar-refractivity contribution in [2.75, 3.05) is 6.54 Å². The third-order valence-electron chi connectivity index (χ3n) is 3.32. The van der Waals surface area contributed by atoms with Gasteiger partial charge in [0.15, 0.2) is 0 Å². The molecular weight excluding hydrogens is 164 g/mol. The second-order valence-corrected chi connectivity index (χ2v) is 4.31. The van der Waals surface area contributed by atoms with E-state index < -0.39 is 0 Å². The number of carbonyl (C=O) groups is 1. The van der Waals surface area contributed by atoms with Gasteiger partial charge in [-0.15, -0.1) is 0 Å². The first-order chi connectivity index (χ1) is 6.27. The van der Waals surface area contributed by atoms with Gasteiger partial charge in [0.25, 0.3) is 0 Å². The highest BCUT2D eigenvalue weighted by molar-refractivity contribution is 5.82. The predicted molar refractivity (Wildman–Crippen MR) is 51.4 cm³/mol. The normalized spacial score (nSPS) is 39.5. The molecule has 0 radical (unpaired) electrons. The fourth-order valence-electron chi connectivity index (χ4n) is 2.10. The van der Waals surface area contributed by atoms with Gasteiger partial charge in [0.05, 0.1) is 6.04 Å². The van der Waals surface area contributed by atoms with Gasteiger partial charge in [0.1, 0.15) is 0 Å².